The molecule has 0 aliphatic carbocycles. The van der Waals surface area contributed by atoms with Crippen LogP contribution in [0.1, 0.15) is 110 Å². The summed E-state index contributed by atoms with van der Waals surface area (Å²) in [4.78, 5) is 48.3. The maximum Gasteiger partial charge on any atom is 0.507 e. The van der Waals surface area contributed by atoms with Crippen LogP contribution >= 0.6 is 11.8 Å². The van der Waals surface area contributed by atoms with Gasteiger partial charge in [0.15, 0.2) is 5.41 Å². The monoisotopic (exact) mass is 941 g/mol. The van der Waals surface area contributed by atoms with Crippen LogP contribution in [-0.4, -0.2) is 132 Å². The second kappa shape index (κ2) is 58.1. The normalized spacial score (nSPS) is 9.23. The molecule has 0 saturated heterocycles. The van der Waals surface area contributed by atoms with E-state index in [-0.39, 0.29) is 31.5 Å². The Labute approximate surface area is 365 Å². The SMILES string of the molecule is CC(C)(C(F)(F)F)C(F)(F)F.CC(C)(C)C.CC(C)=O.CC(C)C.CCC.CNC(=O)OC.CNC(C)=O.COC.COC(=O)OC.COC(C)=O.CS(C)(=O)=O.CSC. The molecular formula is C38H86F6N2O12S2. The molecule has 0 spiro atoms. The van der Waals surface area contributed by atoms with E-state index < -0.39 is 39.9 Å². The fourth-order valence-electron chi connectivity index (χ4n) is 0.346. The molecule has 0 aromatic rings. The molecule has 0 unspecified atom stereocenters. The Balaban J connectivity index is -0.0000000428. The minimum absolute atomic E-state index is 0.00463. The van der Waals surface area contributed by atoms with Crippen molar-refractivity contribution in [3.8, 4) is 0 Å². The van der Waals surface area contributed by atoms with Gasteiger partial charge in [-0.25, -0.2) is 18.0 Å². The van der Waals surface area contributed by atoms with Crippen LogP contribution in [0.2, 0.25) is 0 Å². The Hall–Kier alpha value is -3.01. The maximum absolute atomic E-state index is 11.6. The number of ether oxygens (including phenoxy) is 5. The summed E-state index contributed by atoms with van der Waals surface area (Å²) in [6.07, 6.45) is -3.90. The number of rotatable bonds is 0. The van der Waals surface area contributed by atoms with Crippen LogP contribution < -0.4 is 10.6 Å². The molecule has 0 bridgehead atoms. The molecule has 0 aliphatic rings. The molecule has 0 aromatic heterocycles. The number of Topliss-reactive ketones (excluding diaryl/α,β-unsaturated/α-hetero) is 1. The highest BCUT2D eigenvalue weighted by Crippen LogP contribution is 2.49. The number of amides is 2. The third-order valence-corrected chi connectivity index (χ3v) is 2.78. The quantitative estimate of drug-likeness (QED) is 0.133. The third kappa shape index (κ3) is 220. The number of alkyl halides is 6. The lowest BCUT2D eigenvalue weighted by atomic mass is 9.92. The van der Waals surface area contributed by atoms with Crippen molar-refractivity contribution in [2.45, 2.75) is 123 Å². The first kappa shape index (κ1) is 88.3. The Bertz CT molecular complexity index is 955. The molecule has 0 saturated carbocycles. The van der Waals surface area contributed by atoms with Gasteiger partial charge in [-0.05, 0) is 51.5 Å². The first-order valence-electron chi connectivity index (χ1n) is 17.5. The van der Waals surface area contributed by atoms with E-state index in [2.05, 4.69) is 96.6 Å². The van der Waals surface area contributed by atoms with Crippen molar-refractivity contribution in [2.75, 3.05) is 81.8 Å². The molecule has 60 heavy (non-hydrogen) atoms. The molecule has 0 rings (SSSR count). The zero-order valence-corrected chi connectivity index (χ0v) is 43.4. The summed E-state index contributed by atoms with van der Waals surface area (Å²) in [5.41, 5.74) is -3.12. The molecule has 0 aromatic carbocycles. The molecule has 0 radical (unpaired) electrons. The number of ketones is 1. The number of methoxy groups -OCH3 is 5. The van der Waals surface area contributed by atoms with E-state index in [0.717, 1.165) is 18.4 Å². The second-order valence-electron chi connectivity index (χ2n) is 13.8. The van der Waals surface area contributed by atoms with Crippen molar-refractivity contribution in [3.63, 3.8) is 0 Å². The zero-order valence-electron chi connectivity index (χ0n) is 41.8. The van der Waals surface area contributed by atoms with E-state index in [0.29, 0.717) is 5.41 Å². The van der Waals surface area contributed by atoms with Crippen molar-refractivity contribution >= 4 is 51.5 Å². The zero-order chi connectivity index (χ0) is 52.3. The van der Waals surface area contributed by atoms with E-state index in [1.165, 1.54) is 69.6 Å². The molecule has 14 nitrogen and oxygen atoms in total. The number of halogens is 6. The summed E-state index contributed by atoms with van der Waals surface area (Å²) in [5.74, 6) is 0.759. The fraction of sp³-hybridized carbons (Fsp3) is 0.868. The van der Waals surface area contributed by atoms with Crippen LogP contribution in [0, 0.1) is 16.7 Å². The highest BCUT2D eigenvalue weighted by atomic mass is 32.2. The van der Waals surface area contributed by atoms with Crippen LogP contribution in [0.3, 0.4) is 0 Å². The van der Waals surface area contributed by atoms with Gasteiger partial charge in [0.1, 0.15) is 15.6 Å². The molecule has 0 atom stereocenters. The van der Waals surface area contributed by atoms with E-state index in [4.69, 9.17) is 0 Å². The fourth-order valence-corrected chi connectivity index (χ4v) is 0.346. The summed E-state index contributed by atoms with van der Waals surface area (Å²) < 4.78 is 110. The van der Waals surface area contributed by atoms with E-state index in [1.807, 2.05) is 12.5 Å². The number of sulfone groups is 1. The van der Waals surface area contributed by atoms with Crippen LogP contribution in [-0.2, 0) is 47.9 Å². The van der Waals surface area contributed by atoms with Gasteiger partial charge in [-0.3, -0.25) is 9.59 Å². The predicted octanol–water partition coefficient (Wildman–Crippen LogP) is 10.1. The highest BCUT2D eigenvalue weighted by molar-refractivity contribution is 7.97. The summed E-state index contributed by atoms with van der Waals surface area (Å²) in [7, 11) is 8.87. The number of alkyl carbamates (subject to hydrolysis) is 1. The molecular weight excluding hydrogens is 855 g/mol. The minimum Gasteiger partial charge on any atom is -0.469 e. The number of carbonyl (C=O) groups excluding carboxylic acids is 5. The Kier molecular flexibility index (Phi) is 85.4. The lowest BCUT2D eigenvalue weighted by Gasteiger charge is -2.29. The summed E-state index contributed by atoms with van der Waals surface area (Å²) >= 11 is 1.75. The standard InChI is InChI=1S/C5H6F6.C5H12.C4H10.C3H7NO2.C3H7NO.C3H6O3.C3H6O2.C3H6O.C3H8.C2H6O2S.C2H6O.C2H6S/c1-3(2,4(6,7)8)5(9,10)11;1-5(2,3)4;1-4(2)3;1-4-3(5)6-2;1-3(5)4-2;1-5-3(4)6-2;1-3(4)5-2;1-3(2)4;1-3-2;1-5(2,3)4;2*1-3-2/h1-2H3;1-4H3;4H,1-3H3;1-2H3,(H,4,5);1-2H3,(H,4,5);1-2H3;1-2H3;1-2H3;3H2,1-2H3;1-2H3;2*1-2H3. The molecule has 0 fully saturated rings. The van der Waals surface area contributed by atoms with Crippen LogP contribution in [0.4, 0.5) is 35.9 Å². The molecule has 0 aliphatic heterocycles. The average molecular weight is 941 g/mol. The van der Waals surface area contributed by atoms with Crippen molar-refractivity contribution in [3.05, 3.63) is 0 Å². The molecule has 374 valence electrons. The van der Waals surface area contributed by atoms with E-state index in [9.17, 15) is 58.7 Å². The number of esters is 1. The van der Waals surface area contributed by atoms with Gasteiger partial charge in [-0.1, -0.05) is 68.7 Å². The molecule has 2 N–H and O–H groups in total. The number of hydrogen-bond donors (Lipinski definition) is 2. The highest BCUT2D eigenvalue weighted by Gasteiger charge is 2.64. The van der Waals surface area contributed by atoms with Crippen molar-refractivity contribution in [1.82, 2.24) is 10.6 Å². The number of carbonyl (C=O) groups is 5. The smallest absolute Gasteiger partial charge is 0.469 e. The van der Waals surface area contributed by atoms with Crippen molar-refractivity contribution in [1.29, 1.82) is 0 Å². The number of hydrogen-bond acceptors (Lipinski definition) is 13. The first-order chi connectivity index (χ1) is 26.4. The summed E-state index contributed by atoms with van der Waals surface area (Å²) in [6.45, 7) is 25.6. The lowest BCUT2D eigenvalue weighted by Crippen LogP contribution is -2.44. The van der Waals surface area contributed by atoms with Gasteiger partial charge in [0.05, 0.1) is 28.4 Å². The van der Waals surface area contributed by atoms with Crippen LogP contribution in [0.25, 0.3) is 0 Å². The Morgan fingerprint density at radius 2 is 0.767 bits per heavy atom. The van der Waals surface area contributed by atoms with Gasteiger partial charge in [0.2, 0.25) is 5.91 Å². The van der Waals surface area contributed by atoms with Gasteiger partial charge in [-0.15, -0.1) is 0 Å². The van der Waals surface area contributed by atoms with E-state index in [1.54, 1.807) is 33.0 Å². The molecule has 0 heterocycles. The van der Waals surface area contributed by atoms with Gasteiger partial charge in [-0.2, -0.15) is 38.1 Å². The Morgan fingerprint density at radius 1 is 0.617 bits per heavy atom. The second-order valence-corrected chi connectivity index (χ2v) is 16.9. The first-order valence-corrected chi connectivity index (χ1v) is 21.5. The predicted molar refractivity (Wildman–Crippen MR) is 235 cm³/mol. The van der Waals surface area contributed by atoms with Crippen LogP contribution in [0.15, 0.2) is 0 Å². The van der Waals surface area contributed by atoms with Gasteiger partial charge >= 0.3 is 30.6 Å². The Morgan fingerprint density at radius 3 is 0.767 bits per heavy atom. The minimum atomic E-state index is -5.24. The third-order valence-electron chi connectivity index (χ3n) is 2.78. The van der Waals surface area contributed by atoms with Gasteiger partial charge in [0, 0.05) is 54.7 Å². The maximum atomic E-state index is 11.6. The number of thioether (sulfide) groups is 1. The summed E-state index contributed by atoms with van der Waals surface area (Å²) in [6, 6.07) is 0. The summed E-state index contributed by atoms with van der Waals surface area (Å²) in [5, 5.41) is 4.64. The topological polar surface area (TPSA) is 190 Å². The molecule has 2 amide bonds. The van der Waals surface area contributed by atoms with Crippen molar-refractivity contribution in [2.24, 2.45) is 16.7 Å². The average Bonchev–Trinajstić information content (AvgIpc) is 3.03. The largest absolute Gasteiger partial charge is 0.507 e. The number of nitrogens with one attached hydrogen (secondary N) is 2. The van der Waals surface area contributed by atoms with Crippen molar-refractivity contribution < 1.29 is 82.4 Å². The van der Waals surface area contributed by atoms with Gasteiger partial charge < -0.3 is 39.1 Å². The lowest BCUT2D eigenvalue weighted by molar-refractivity contribution is -0.327. The van der Waals surface area contributed by atoms with Gasteiger partial charge in [0.25, 0.3) is 0 Å². The van der Waals surface area contributed by atoms with Crippen LogP contribution in [0.5, 0.6) is 0 Å². The molecule has 22 heteroatoms. The van der Waals surface area contributed by atoms with E-state index >= 15 is 0 Å².